The molecule has 2 amide bonds. The van der Waals surface area contributed by atoms with Gasteiger partial charge in [0.2, 0.25) is 0 Å². The van der Waals surface area contributed by atoms with Crippen molar-refractivity contribution in [2.45, 2.75) is 19.3 Å². The SMILES string of the molecule is CC(C)(CNC(=O)COc1cccc(NC(=O)c2ccco2)c1)c1ccc(Cl)cc1. The first-order valence-corrected chi connectivity index (χ1v) is 9.82. The van der Waals surface area contributed by atoms with Gasteiger partial charge >= 0.3 is 0 Å². The minimum absolute atomic E-state index is 0.133. The second kappa shape index (κ2) is 9.50. The molecule has 0 saturated heterocycles. The lowest BCUT2D eigenvalue weighted by Gasteiger charge is -2.25. The average Bonchev–Trinajstić information content (AvgIpc) is 3.26. The molecule has 30 heavy (non-hydrogen) atoms. The highest BCUT2D eigenvalue weighted by Crippen LogP contribution is 2.24. The number of ether oxygens (including phenoxy) is 1. The number of amides is 2. The Morgan fingerprint density at radius 2 is 1.83 bits per heavy atom. The summed E-state index contributed by atoms with van der Waals surface area (Å²) in [7, 11) is 0. The van der Waals surface area contributed by atoms with Crippen molar-refractivity contribution in [1.29, 1.82) is 0 Å². The third-order valence-corrected chi connectivity index (χ3v) is 4.81. The van der Waals surface area contributed by atoms with Gasteiger partial charge in [-0.05, 0) is 42.0 Å². The molecular weight excluding hydrogens is 404 g/mol. The maximum atomic E-state index is 12.2. The average molecular weight is 427 g/mol. The van der Waals surface area contributed by atoms with Crippen LogP contribution in [0.25, 0.3) is 0 Å². The molecule has 1 aromatic heterocycles. The third kappa shape index (κ3) is 5.87. The maximum absolute atomic E-state index is 12.2. The molecule has 0 aliphatic carbocycles. The van der Waals surface area contributed by atoms with Crippen LogP contribution in [0, 0.1) is 0 Å². The molecule has 7 heteroatoms. The first-order chi connectivity index (χ1) is 14.3. The van der Waals surface area contributed by atoms with Gasteiger partial charge in [-0.3, -0.25) is 9.59 Å². The van der Waals surface area contributed by atoms with Crippen LogP contribution in [0.1, 0.15) is 30.0 Å². The van der Waals surface area contributed by atoms with Crippen molar-refractivity contribution in [1.82, 2.24) is 5.32 Å². The van der Waals surface area contributed by atoms with E-state index in [0.29, 0.717) is 23.0 Å². The van der Waals surface area contributed by atoms with Gasteiger partial charge in [-0.25, -0.2) is 0 Å². The van der Waals surface area contributed by atoms with Gasteiger partial charge in [0.25, 0.3) is 11.8 Å². The Morgan fingerprint density at radius 3 is 2.53 bits per heavy atom. The molecule has 1 heterocycles. The van der Waals surface area contributed by atoms with E-state index in [1.165, 1.54) is 6.26 Å². The molecule has 2 aromatic carbocycles. The fourth-order valence-electron chi connectivity index (χ4n) is 2.79. The predicted octanol–water partition coefficient (Wildman–Crippen LogP) is 4.66. The van der Waals surface area contributed by atoms with Gasteiger partial charge in [0.15, 0.2) is 12.4 Å². The summed E-state index contributed by atoms with van der Waals surface area (Å²) in [5.74, 6) is 0.0877. The smallest absolute Gasteiger partial charge is 0.291 e. The molecular formula is C23H23ClN2O4. The highest BCUT2D eigenvalue weighted by Gasteiger charge is 2.21. The topological polar surface area (TPSA) is 80.6 Å². The van der Waals surface area contributed by atoms with Gasteiger partial charge in [0, 0.05) is 28.7 Å². The molecule has 0 atom stereocenters. The number of furan rings is 1. The van der Waals surface area contributed by atoms with Crippen molar-refractivity contribution >= 4 is 29.1 Å². The van der Waals surface area contributed by atoms with Crippen LogP contribution in [0.5, 0.6) is 5.75 Å². The van der Waals surface area contributed by atoms with E-state index in [4.69, 9.17) is 20.8 Å². The van der Waals surface area contributed by atoms with Crippen LogP contribution >= 0.6 is 11.6 Å². The molecule has 0 bridgehead atoms. The van der Waals surface area contributed by atoms with Crippen molar-refractivity contribution < 1.29 is 18.7 Å². The number of hydrogen-bond acceptors (Lipinski definition) is 4. The molecule has 3 rings (SSSR count). The standard InChI is InChI=1S/C23H23ClN2O4/c1-23(2,16-8-10-17(24)11-9-16)15-25-21(27)14-30-19-6-3-5-18(13-19)26-22(28)20-7-4-12-29-20/h3-13H,14-15H2,1-2H3,(H,25,27)(H,26,28). The number of anilines is 1. The number of rotatable bonds is 8. The summed E-state index contributed by atoms with van der Waals surface area (Å²) in [6, 6.07) is 17.6. The Labute approximate surface area is 180 Å². The highest BCUT2D eigenvalue weighted by atomic mass is 35.5. The molecule has 6 nitrogen and oxygen atoms in total. The fraction of sp³-hybridized carbons (Fsp3) is 0.217. The Hall–Kier alpha value is -3.25. The van der Waals surface area contributed by atoms with E-state index >= 15 is 0 Å². The van der Waals surface area contributed by atoms with Crippen molar-refractivity contribution in [3.8, 4) is 5.75 Å². The van der Waals surface area contributed by atoms with Crippen molar-refractivity contribution in [3.05, 3.63) is 83.3 Å². The van der Waals surface area contributed by atoms with Crippen molar-refractivity contribution in [2.24, 2.45) is 0 Å². The molecule has 0 aliphatic rings. The second-order valence-corrected chi connectivity index (χ2v) is 7.85. The molecule has 0 radical (unpaired) electrons. The van der Waals surface area contributed by atoms with Gasteiger partial charge in [0.05, 0.1) is 6.26 Å². The summed E-state index contributed by atoms with van der Waals surface area (Å²) >= 11 is 5.94. The molecule has 0 spiro atoms. The van der Waals surface area contributed by atoms with Crippen LogP contribution in [-0.4, -0.2) is 25.0 Å². The summed E-state index contributed by atoms with van der Waals surface area (Å²) in [6.07, 6.45) is 1.43. The minimum atomic E-state index is -0.362. The molecule has 0 saturated carbocycles. The number of carbonyl (C=O) groups is 2. The van der Waals surface area contributed by atoms with Gasteiger partial charge < -0.3 is 19.8 Å². The van der Waals surface area contributed by atoms with Crippen LogP contribution in [0.3, 0.4) is 0 Å². The fourth-order valence-corrected chi connectivity index (χ4v) is 2.91. The van der Waals surface area contributed by atoms with Crippen LogP contribution in [0.2, 0.25) is 5.02 Å². The van der Waals surface area contributed by atoms with E-state index in [9.17, 15) is 9.59 Å². The molecule has 0 fully saturated rings. The first kappa shape index (κ1) is 21.5. The van der Waals surface area contributed by atoms with E-state index in [1.807, 2.05) is 38.1 Å². The third-order valence-electron chi connectivity index (χ3n) is 4.56. The quantitative estimate of drug-likeness (QED) is 0.549. The van der Waals surface area contributed by atoms with Crippen LogP contribution in [0.15, 0.2) is 71.3 Å². The zero-order chi connectivity index (χ0) is 21.6. The molecule has 3 aromatic rings. The van der Waals surface area contributed by atoms with Gasteiger partial charge in [-0.15, -0.1) is 0 Å². The number of nitrogens with one attached hydrogen (secondary N) is 2. The molecule has 156 valence electrons. The normalized spacial score (nSPS) is 11.0. The lowest BCUT2D eigenvalue weighted by Crippen LogP contribution is -2.38. The number of halogens is 1. The largest absolute Gasteiger partial charge is 0.484 e. The predicted molar refractivity (Wildman–Crippen MR) is 116 cm³/mol. The zero-order valence-electron chi connectivity index (χ0n) is 16.8. The zero-order valence-corrected chi connectivity index (χ0v) is 17.5. The van der Waals surface area contributed by atoms with Crippen LogP contribution < -0.4 is 15.4 Å². The number of hydrogen-bond donors (Lipinski definition) is 2. The second-order valence-electron chi connectivity index (χ2n) is 7.42. The Morgan fingerprint density at radius 1 is 1.07 bits per heavy atom. The van der Waals surface area contributed by atoms with Crippen molar-refractivity contribution in [3.63, 3.8) is 0 Å². The van der Waals surface area contributed by atoms with Gasteiger partial charge in [-0.1, -0.05) is 43.6 Å². The highest BCUT2D eigenvalue weighted by molar-refractivity contribution is 6.30. The van der Waals surface area contributed by atoms with E-state index in [1.54, 1.807) is 36.4 Å². The first-order valence-electron chi connectivity index (χ1n) is 9.44. The summed E-state index contributed by atoms with van der Waals surface area (Å²) in [5, 5.41) is 6.28. The maximum Gasteiger partial charge on any atom is 0.291 e. The lowest BCUT2D eigenvalue weighted by molar-refractivity contribution is -0.123. The summed E-state index contributed by atoms with van der Waals surface area (Å²) in [4.78, 5) is 24.3. The van der Waals surface area contributed by atoms with Crippen molar-refractivity contribution in [2.75, 3.05) is 18.5 Å². The molecule has 2 N–H and O–H groups in total. The van der Waals surface area contributed by atoms with E-state index < -0.39 is 0 Å². The van der Waals surface area contributed by atoms with Crippen LogP contribution in [0.4, 0.5) is 5.69 Å². The van der Waals surface area contributed by atoms with Gasteiger partial charge in [0.1, 0.15) is 5.75 Å². The Balaban J connectivity index is 1.49. The molecule has 0 unspecified atom stereocenters. The molecule has 0 aliphatic heterocycles. The number of benzene rings is 2. The minimum Gasteiger partial charge on any atom is -0.484 e. The van der Waals surface area contributed by atoms with E-state index in [2.05, 4.69) is 10.6 Å². The lowest BCUT2D eigenvalue weighted by atomic mass is 9.84. The summed E-state index contributed by atoms with van der Waals surface area (Å²) < 4.78 is 10.6. The Kier molecular flexibility index (Phi) is 6.79. The number of carbonyl (C=O) groups excluding carboxylic acids is 2. The van der Waals surface area contributed by atoms with Gasteiger partial charge in [-0.2, -0.15) is 0 Å². The van der Waals surface area contributed by atoms with E-state index in [-0.39, 0.29) is 29.6 Å². The van der Waals surface area contributed by atoms with Crippen LogP contribution in [-0.2, 0) is 10.2 Å². The summed E-state index contributed by atoms with van der Waals surface area (Å²) in [6.45, 7) is 4.41. The monoisotopic (exact) mass is 426 g/mol. The Bertz CT molecular complexity index is 998. The van der Waals surface area contributed by atoms with E-state index in [0.717, 1.165) is 5.56 Å². The summed E-state index contributed by atoms with van der Waals surface area (Å²) in [5.41, 5.74) is 1.36.